The van der Waals surface area contributed by atoms with Crippen LogP contribution in [0.1, 0.15) is 20.7 Å². The van der Waals surface area contributed by atoms with E-state index in [1.165, 1.54) is 12.1 Å². The first-order valence-electron chi connectivity index (χ1n) is 5.77. The Bertz CT molecular complexity index is 734. The van der Waals surface area contributed by atoms with Crippen molar-refractivity contribution in [3.8, 4) is 0 Å². The molecule has 2 aromatic carbocycles. The molecule has 2 aromatic rings. The minimum atomic E-state index is -1.37. The zero-order valence-electron chi connectivity index (χ0n) is 10.6. The summed E-state index contributed by atoms with van der Waals surface area (Å²) >= 11 is 3.21. The Morgan fingerprint density at radius 3 is 2.48 bits per heavy atom. The van der Waals surface area contributed by atoms with Crippen LogP contribution in [0.2, 0.25) is 0 Å². The van der Waals surface area contributed by atoms with Gasteiger partial charge < -0.3 is 16.2 Å². The van der Waals surface area contributed by atoms with Crippen LogP contribution >= 0.6 is 15.9 Å². The zero-order valence-corrected chi connectivity index (χ0v) is 12.1. The lowest BCUT2D eigenvalue weighted by atomic mass is 10.1. The second-order valence-electron chi connectivity index (χ2n) is 4.19. The molecule has 0 aliphatic rings. The highest BCUT2D eigenvalue weighted by Crippen LogP contribution is 2.21. The Labute approximate surface area is 127 Å². The van der Waals surface area contributed by atoms with E-state index >= 15 is 0 Å². The molecule has 108 valence electrons. The van der Waals surface area contributed by atoms with Crippen LogP contribution in [-0.4, -0.2) is 17.0 Å². The van der Waals surface area contributed by atoms with Gasteiger partial charge in [0, 0.05) is 21.4 Å². The number of hydrogen-bond donors (Lipinski definition) is 3. The van der Waals surface area contributed by atoms with E-state index in [9.17, 15) is 14.0 Å². The molecule has 5 nitrogen and oxygen atoms in total. The molecule has 0 aliphatic carbocycles. The van der Waals surface area contributed by atoms with Gasteiger partial charge >= 0.3 is 5.97 Å². The number of carboxylic acid groups (broad SMARTS) is 1. The maximum atomic E-state index is 13.5. The molecule has 7 heteroatoms. The number of amides is 1. The smallest absolute Gasteiger partial charge is 0.338 e. The van der Waals surface area contributed by atoms with Crippen LogP contribution in [0.15, 0.2) is 40.9 Å². The summed E-state index contributed by atoms with van der Waals surface area (Å²) < 4.78 is 14.2. The Morgan fingerprint density at radius 2 is 1.90 bits per heavy atom. The molecule has 0 spiro atoms. The molecule has 0 unspecified atom stereocenters. The molecule has 2 rings (SSSR count). The third-order valence-corrected chi connectivity index (χ3v) is 3.44. The molecule has 0 aliphatic heterocycles. The number of anilines is 2. The summed E-state index contributed by atoms with van der Waals surface area (Å²) in [5.41, 5.74) is 6.08. The Morgan fingerprint density at radius 1 is 1.19 bits per heavy atom. The molecule has 21 heavy (non-hydrogen) atoms. The number of rotatable bonds is 3. The number of carboxylic acids is 1. The first-order chi connectivity index (χ1) is 9.88. The van der Waals surface area contributed by atoms with E-state index in [-0.39, 0.29) is 5.69 Å². The lowest BCUT2D eigenvalue weighted by Gasteiger charge is -2.07. The molecule has 0 saturated carbocycles. The minimum Gasteiger partial charge on any atom is -0.478 e. The fraction of sp³-hybridized carbons (Fsp3) is 0. The number of nitrogens with one attached hydrogen (secondary N) is 1. The van der Waals surface area contributed by atoms with Gasteiger partial charge in [0.15, 0.2) is 0 Å². The first-order valence-corrected chi connectivity index (χ1v) is 6.57. The van der Waals surface area contributed by atoms with Crippen LogP contribution in [-0.2, 0) is 0 Å². The summed E-state index contributed by atoms with van der Waals surface area (Å²) in [4.78, 5) is 22.7. The Kier molecular flexibility index (Phi) is 4.23. The van der Waals surface area contributed by atoms with E-state index in [1.807, 2.05) is 0 Å². The van der Waals surface area contributed by atoms with E-state index < -0.39 is 23.3 Å². The number of halogens is 2. The van der Waals surface area contributed by atoms with Crippen LogP contribution in [0.4, 0.5) is 15.8 Å². The number of carbonyl (C=O) groups excluding carboxylic acids is 1. The fourth-order valence-electron chi connectivity index (χ4n) is 1.65. The number of benzene rings is 2. The largest absolute Gasteiger partial charge is 0.478 e. The first kappa shape index (κ1) is 15.0. The number of carbonyl (C=O) groups is 2. The summed E-state index contributed by atoms with van der Waals surface area (Å²) in [6.45, 7) is 0. The molecule has 1 amide bonds. The second kappa shape index (κ2) is 5.92. The third-order valence-electron chi connectivity index (χ3n) is 2.72. The molecule has 0 saturated heterocycles. The predicted molar refractivity (Wildman–Crippen MR) is 79.9 cm³/mol. The third kappa shape index (κ3) is 3.38. The molecular weight excluding hydrogens is 343 g/mol. The number of aromatic carboxylic acids is 1. The summed E-state index contributed by atoms with van der Waals surface area (Å²) in [7, 11) is 0. The van der Waals surface area contributed by atoms with Crippen LogP contribution in [0.25, 0.3) is 0 Å². The topological polar surface area (TPSA) is 92.4 Å². The van der Waals surface area contributed by atoms with Crippen molar-refractivity contribution in [3.63, 3.8) is 0 Å². The Hall–Kier alpha value is -2.41. The van der Waals surface area contributed by atoms with E-state index in [2.05, 4.69) is 21.2 Å². The van der Waals surface area contributed by atoms with Gasteiger partial charge in [-0.25, -0.2) is 9.18 Å². The van der Waals surface area contributed by atoms with Crippen LogP contribution in [0.3, 0.4) is 0 Å². The van der Waals surface area contributed by atoms with Crippen molar-refractivity contribution in [3.05, 3.63) is 57.8 Å². The average Bonchev–Trinajstić information content (AvgIpc) is 2.41. The van der Waals surface area contributed by atoms with Crippen LogP contribution in [0.5, 0.6) is 0 Å². The van der Waals surface area contributed by atoms with E-state index in [4.69, 9.17) is 10.8 Å². The SMILES string of the molecule is Nc1cc(C(=O)Nc2ccc(C(=O)O)c(F)c2)ccc1Br. The van der Waals surface area contributed by atoms with Gasteiger partial charge in [-0.3, -0.25) is 4.79 Å². The number of nitrogens with two attached hydrogens (primary N) is 1. The highest BCUT2D eigenvalue weighted by atomic mass is 79.9. The highest BCUT2D eigenvalue weighted by Gasteiger charge is 2.12. The summed E-state index contributed by atoms with van der Waals surface area (Å²) in [5, 5.41) is 11.2. The van der Waals surface area contributed by atoms with Crippen molar-refractivity contribution in [2.24, 2.45) is 0 Å². The van der Waals surface area contributed by atoms with Gasteiger partial charge in [0.25, 0.3) is 5.91 Å². The minimum absolute atomic E-state index is 0.156. The van der Waals surface area contributed by atoms with Gasteiger partial charge in [0.2, 0.25) is 0 Å². The van der Waals surface area contributed by atoms with Crippen molar-refractivity contribution in [1.29, 1.82) is 0 Å². The normalized spacial score (nSPS) is 10.2. The maximum absolute atomic E-state index is 13.5. The van der Waals surface area contributed by atoms with Crippen molar-refractivity contribution < 1.29 is 19.1 Å². The van der Waals surface area contributed by atoms with Crippen LogP contribution in [0, 0.1) is 5.82 Å². The van der Waals surface area contributed by atoms with Crippen LogP contribution < -0.4 is 11.1 Å². The second-order valence-corrected chi connectivity index (χ2v) is 5.04. The predicted octanol–water partition coefficient (Wildman–Crippen LogP) is 3.12. The van der Waals surface area contributed by atoms with Gasteiger partial charge in [-0.1, -0.05) is 0 Å². The van der Waals surface area contributed by atoms with Gasteiger partial charge in [0.1, 0.15) is 5.82 Å². The van der Waals surface area contributed by atoms with Gasteiger partial charge in [0.05, 0.1) is 5.56 Å². The van der Waals surface area contributed by atoms with Crippen molar-refractivity contribution >= 4 is 39.2 Å². The monoisotopic (exact) mass is 352 g/mol. The number of hydrogen-bond acceptors (Lipinski definition) is 3. The summed E-state index contributed by atoms with van der Waals surface area (Å²) in [6.07, 6.45) is 0. The van der Waals surface area contributed by atoms with Gasteiger partial charge in [-0.2, -0.15) is 0 Å². The molecule has 0 atom stereocenters. The lowest BCUT2D eigenvalue weighted by Crippen LogP contribution is -2.13. The number of nitrogen functional groups attached to an aromatic ring is 1. The maximum Gasteiger partial charge on any atom is 0.338 e. The molecule has 0 heterocycles. The molecule has 0 bridgehead atoms. The molecule has 4 N–H and O–H groups in total. The highest BCUT2D eigenvalue weighted by molar-refractivity contribution is 9.10. The van der Waals surface area contributed by atoms with Crippen molar-refractivity contribution in [2.75, 3.05) is 11.1 Å². The standard InChI is InChI=1S/C14H10BrFN2O3/c15-10-4-1-7(5-12(10)17)13(19)18-8-2-3-9(14(20)21)11(16)6-8/h1-6H,17H2,(H,18,19)(H,20,21). The zero-order chi connectivity index (χ0) is 15.6. The van der Waals surface area contributed by atoms with Gasteiger partial charge in [-0.15, -0.1) is 0 Å². The quantitative estimate of drug-likeness (QED) is 0.740. The van der Waals surface area contributed by atoms with Crippen molar-refractivity contribution in [1.82, 2.24) is 0 Å². The van der Waals surface area contributed by atoms with Crippen molar-refractivity contribution in [2.45, 2.75) is 0 Å². The van der Waals surface area contributed by atoms with E-state index in [0.717, 1.165) is 12.1 Å². The van der Waals surface area contributed by atoms with Gasteiger partial charge in [-0.05, 0) is 52.3 Å². The molecule has 0 aromatic heterocycles. The molecule has 0 radical (unpaired) electrons. The average molecular weight is 353 g/mol. The fourth-order valence-corrected chi connectivity index (χ4v) is 1.90. The summed E-state index contributed by atoms with van der Waals surface area (Å²) in [5.74, 6) is -2.77. The summed E-state index contributed by atoms with van der Waals surface area (Å²) in [6, 6.07) is 8.00. The van der Waals surface area contributed by atoms with E-state index in [1.54, 1.807) is 12.1 Å². The Balaban J connectivity index is 2.21. The molecular formula is C14H10BrFN2O3. The van der Waals surface area contributed by atoms with E-state index in [0.29, 0.717) is 15.7 Å². The lowest BCUT2D eigenvalue weighted by molar-refractivity contribution is 0.0692. The molecule has 0 fully saturated rings.